The van der Waals surface area contributed by atoms with Gasteiger partial charge in [-0.2, -0.15) is 0 Å². The zero-order valence-electron chi connectivity index (χ0n) is 20.4. The number of nitrogens with one attached hydrogen (secondary N) is 1. The Labute approximate surface area is 217 Å². The van der Waals surface area contributed by atoms with E-state index in [0.717, 1.165) is 30.6 Å². The van der Waals surface area contributed by atoms with E-state index >= 15 is 0 Å². The Morgan fingerprint density at radius 3 is 2.54 bits per heavy atom. The molecule has 1 atom stereocenters. The molecule has 8 nitrogen and oxygen atoms in total. The largest absolute Gasteiger partial charge is 0.507 e. The topological polar surface area (TPSA) is 105 Å². The molecule has 2 aliphatic rings. The number of anilines is 1. The number of rotatable bonds is 5. The van der Waals surface area contributed by atoms with Gasteiger partial charge in [0.15, 0.2) is 11.5 Å². The van der Waals surface area contributed by atoms with Crippen LogP contribution in [0.25, 0.3) is 16.8 Å². The fourth-order valence-electron chi connectivity index (χ4n) is 5.24. The van der Waals surface area contributed by atoms with E-state index in [4.69, 9.17) is 9.47 Å². The lowest BCUT2D eigenvalue weighted by Gasteiger charge is -2.22. The van der Waals surface area contributed by atoms with Gasteiger partial charge in [0, 0.05) is 22.6 Å². The highest BCUT2D eigenvalue weighted by Crippen LogP contribution is 2.44. The number of carbonyl (C=O) groups excluding carboxylic acids is 2. The van der Waals surface area contributed by atoms with Gasteiger partial charge in [-0.15, -0.1) is 11.3 Å². The van der Waals surface area contributed by atoms with Gasteiger partial charge in [-0.3, -0.25) is 14.5 Å². The highest BCUT2D eigenvalue weighted by molar-refractivity contribution is 7.10. The van der Waals surface area contributed by atoms with Gasteiger partial charge in [-0.05, 0) is 54.3 Å². The summed E-state index contributed by atoms with van der Waals surface area (Å²) in [5.74, 6) is -0.464. The number of benzene rings is 2. The van der Waals surface area contributed by atoms with Gasteiger partial charge in [-0.1, -0.05) is 18.2 Å². The molecule has 2 N–H and O–H groups in total. The molecule has 9 heteroatoms. The molecule has 0 spiro atoms. The first-order valence-electron chi connectivity index (χ1n) is 12.1. The van der Waals surface area contributed by atoms with Gasteiger partial charge in [0.1, 0.15) is 11.8 Å². The maximum absolute atomic E-state index is 13.4. The number of fused-ring (bicyclic) bond motifs is 2. The number of amides is 1. The third kappa shape index (κ3) is 3.77. The maximum atomic E-state index is 13.4. The number of hydrogen-bond donors (Lipinski definition) is 2. The van der Waals surface area contributed by atoms with Crippen molar-refractivity contribution < 1.29 is 24.2 Å². The molecule has 3 heterocycles. The molecule has 1 aliphatic carbocycles. The summed E-state index contributed by atoms with van der Waals surface area (Å²) >= 11 is 1.41. The summed E-state index contributed by atoms with van der Waals surface area (Å²) in [4.78, 5) is 36.7. The second-order valence-corrected chi connectivity index (χ2v) is 10.1. The predicted molar refractivity (Wildman–Crippen MR) is 141 cm³/mol. The van der Waals surface area contributed by atoms with E-state index in [1.54, 1.807) is 12.1 Å². The molecule has 2 aromatic heterocycles. The van der Waals surface area contributed by atoms with E-state index in [2.05, 4.69) is 9.97 Å². The lowest BCUT2D eigenvalue weighted by molar-refractivity contribution is -0.132. The van der Waals surface area contributed by atoms with Gasteiger partial charge in [0.05, 0.1) is 30.8 Å². The molecule has 0 radical (unpaired) electrons. The van der Waals surface area contributed by atoms with Crippen LogP contribution < -0.4 is 14.4 Å². The summed E-state index contributed by atoms with van der Waals surface area (Å²) in [6.45, 7) is 0. The number of ketones is 1. The number of imidazole rings is 1. The van der Waals surface area contributed by atoms with Gasteiger partial charge in [0.25, 0.3) is 5.78 Å². The van der Waals surface area contributed by atoms with Crippen LogP contribution in [-0.4, -0.2) is 41.0 Å². The van der Waals surface area contributed by atoms with E-state index in [0.29, 0.717) is 28.1 Å². The minimum atomic E-state index is -0.819. The Balaban J connectivity index is 1.50. The van der Waals surface area contributed by atoms with Crippen molar-refractivity contribution in [2.45, 2.75) is 31.7 Å². The average Bonchev–Trinajstić information content (AvgIpc) is 3.65. The Morgan fingerprint density at radius 1 is 1.05 bits per heavy atom. The van der Waals surface area contributed by atoms with Crippen LogP contribution in [0.3, 0.4) is 0 Å². The van der Waals surface area contributed by atoms with E-state index in [9.17, 15) is 14.7 Å². The first-order valence-corrected chi connectivity index (χ1v) is 13.0. The van der Waals surface area contributed by atoms with Crippen molar-refractivity contribution in [3.63, 3.8) is 0 Å². The van der Waals surface area contributed by atoms with Gasteiger partial charge in [0.2, 0.25) is 5.95 Å². The number of aromatic amines is 1. The normalized spacial score (nSPS) is 18.9. The molecule has 1 aliphatic heterocycles. The van der Waals surface area contributed by atoms with E-state index < -0.39 is 17.7 Å². The molecule has 1 unspecified atom stereocenters. The minimum Gasteiger partial charge on any atom is -0.507 e. The Morgan fingerprint density at radius 2 is 1.81 bits per heavy atom. The van der Waals surface area contributed by atoms with Crippen LogP contribution >= 0.6 is 11.3 Å². The van der Waals surface area contributed by atoms with Crippen molar-refractivity contribution >= 4 is 45.8 Å². The number of carbonyl (C=O) groups is 2. The second kappa shape index (κ2) is 9.08. The summed E-state index contributed by atoms with van der Waals surface area (Å²) in [7, 11) is 3.07. The monoisotopic (exact) mass is 515 g/mol. The Hall–Kier alpha value is -4.11. The average molecular weight is 516 g/mol. The third-order valence-corrected chi connectivity index (χ3v) is 8.01. The van der Waals surface area contributed by atoms with Crippen LogP contribution in [0.4, 0.5) is 5.95 Å². The van der Waals surface area contributed by atoms with Crippen LogP contribution in [0.2, 0.25) is 0 Å². The number of thiophene rings is 1. The van der Waals surface area contributed by atoms with Crippen molar-refractivity contribution in [1.82, 2.24) is 9.97 Å². The summed E-state index contributed by atoms with van der Waals surface area (Å²) in [5.41, 5.74) is 4.21. The van der Waals surface area contributed by atoms with Crippen molar-refractivity contribution in [1.29, 1.82) is 0 Å². The van der Waals surface area contributed by atoms with E-state index in [1.165, 1.54) is 41.6 Å². The number of aliphatic hydroxyl groups excluding tert-OH is 1. The molecular weight excluding hydrogens is 490 g/mol. The van der Waals surface area contributed by atoms with Crippen molar-refractivity contribution in [2.24, 2.45) is 0 Å². The number of aryl methyl sites for hydroxylation is 2. The maximum Gasteiger partial charge on any atom is 0.302 e. The first kappa shape index (κ1) is 23.3. The van der Waals surface area contributed by atoms with Crippen LogP contribution in [0.1, 0.15) is 40.5 Å². The van der Waals surface area contributed by atoms with Gasteiger partial charge < -0.3 is 19.6 Å². The summed E-state index contributed by atoms with van der Waals surface area (Å²) in [6, 6.07) is 12.1. The fraction of sp³-hybridized carbons (Fsp3) is 0.250. The van der Waals surface area contributed by atoms with Crippen molar-refractivity contribution in [3.05, 3.63) is 75.0 Å². The number of aliphatic hydroxyl groups is 1. The molecule has 1 fully saturated rings. The highest BCUT2D eigenvalue weighted by Gasteiger charge is 2.48. The molecule has 188 valence electrons. The molecule has 2 aromatic carbocycles. The second-order valence-electron chi connectivity index (χ2n) is 9.16. The number of methoxy groups -OCH3 is 2. The lowest BCUT2D eigenvalue weighted by Crippen LogP contribution is -2.30. The van der Waals surface area contributed by atoms with E-state index in [1.807, 2.05) is 35.7 Å². The summed E-state index contributed by atoms with van der Waals surface area (Å²) < 4.78 is 10.8. The molecule has 0 saturated carbocycles. The number of nitrogens with zero attached hydrogens (tertiary/aromatic N) is 2. The first-order chi connectivity index (χ1) is 18.0. The zero-order chi connectivity index (χ0) is 25.7. The van der Waals surface area contributed by atoms with Crippen LogP contribution in [0.5, 0.6) is 11.5 Å². The Bertz CT molecular complexity index is 1530. The molecular formula is C28H25N3O5S. The zero-order valence-corrected chi connectivity index (χ0v) is 21.2. The number of hydrogen-bond acceptors (Lipinski definition) is 7. The number of Topliss-reactive ketones (excluding diaryl/α,β-unsaturated/α-hetero) is 1. The SMILES string of the molecule is COc1cc2nc(N3C(=O)C(=O)/C(=C(/O)c4ccc5c(c4)CCCC5)C3c3cccs3)[nH]c2cc1OC. The number of aromatic nitrogens is 2. The van der Waals surface area contributed by atoms with Crippen molar-refractivity contribution in [3.8, 4) is 11.5 Å². The van der Waals surface area contributed by atoms with E-state index in [-0.39, 0.29) is 17.3 Å². The number of ether oxygens (including phenoxy) is 2. The lowest BCUT2D eigenvalue weighted by atomic mass is 9.89. The van der Waals surface area contributed by atoms with Gasteiger partial charge >= 0.3 is 5.91 Å². The standard InChI is InChI=1S/C28H25N3O5S/c1-35-20-13-18-19(14-21(20)36-2)30-28(29-18)31-24(22-8-5-11-37-22)23(26(33)27(31)34)25(32)17-10-9-15-6-3-4-7-16(15)12-17/h5,8-14,24,32H,3-4,6-7H2,1-2H3,(H,29,30)/b25-23+. The summed E-state index contributed by atoms with van der Waals surface area (Å²) in [5, 5.41) is 13.3. The van der Waals surface area contributed by atoms with Crippen molar-refractivity contribution in [2.75, 3.05) is 19.1 Å². The third-order valence-electron chi connectivity index (χ3n) is 7.08. The van der Waals surface area contributed by atoms with Crippen LogP contribution in [-0.2, 0) is 22.4 Å². The molecule has 1 amide bonds. The van der Waals surface area contributed by atoms with Gasteiger partial charge in [-0.25, -0.2) is 4.98 Å². The molecule has 6 rings (SSSR count). The smallest absolute Gasteiger partial charge is 0.302 e. The predicted octanol–water partition coefficient (Wildman–Crippen LogP) is 5.15. The molecule has 37 heavy (non-hydrogen) atoms. The summed E-state index contributed by atoms with van der Waals surface area (Å²) in [6.07, 6.45) is 4.19. The fourth-order valence-corrected chi connectivity index (χ4v) is 6.06. The number of H-pyrrole nitrogens is 1. The van der Waals surface area contributed by atoms with Crippen LogP contribution in [0, 0.1) is 0 Å². The Kier molecular flexibility index (Phi) is 5.72. The molecule has 1 saturated heterocycles. The highest BCUT2D eigenvalue weighted by atomic mass is 32.1. The molecule has 0 bridgehead atoms. The van der Waals surface area contributed by atoms with Crippen LogP contribution in [0.15, 0.2) is 53.4 Å². The quantitative estimate of drug-likeness (QED) is 0.217. The minimum absolute atomic E-state index is 0.0545. The molecule has 4 aromatic rings.